The average molecular weight is 254 g/mol. The summed E-state index contributed by atoms with van der Waals surface area (Å²) in [6.45, 7) is 3.25. The van der Waals surface area contributed by atoms with Gasteiger partial charge in [-0.1, -0.05) is 37.1 Å². The van der Waals surface area contributed by atoms with Crippen LogP contribution in [0.3, 0.4) is 0 Å². The summed E-state index contributed by atoms with van der Waals surface area (Å²) in [5, 5.41) is 4.92. The standard InChI is InChI=1S/C17H22N2/c1-13(14-6-2-3-7-14)19-12-16-9-4-8-15-10-5-11-18-17(15)16/h4-5,8-11,13-14,19H,2-3,6-7,12H2,1H3/t13-/m1/s1. The molecule has 1 fully saturated rings. The number of nitrogens with zero attached hydrogens (tertiary/aromatic N) is 1. The molecule has 0 bridgehead atoms. The molecule has 0 unspecified atom stereocenters. The molecule has 100 valence electrons. The molecular weight excluding hydrogens is 232 g/mol. The molecule has 2 aromatic rings. The normalized spacial score (nSPS) is 17.9. The van der Waals surface area contributed by atoms with Gasteiger partial charge in [0.1, 0.15) is 0 Å². The van der Waals surface area contributed by atoms with E-state index in [2.05, 4.69) is 41.5 Å². The molecule has 3 rings (SSSR count). The molecule has 1 atom stereocenters. The number of benzene rings is 1. The minimum atomic E-state index is 0.612. The highest BCUT2D eigenvalue weighted by molar-refractivity contribution is 5.81. The first kappa shape index (κ1) is 12.6. The van der Waals surface area contributed by atoms with Gasteiger partial charge in [-0.05, 0) is 37.3 Å². The number of para-hydroxylation sites is 1. The Labute approximate surface area is 115 Å². The first-order valence-corrected chi connectivity index (χ1v) is 7.40. The van der Waals surface area contributed by atoms with Crippen LogP contribution < -0.4 is 5.32 Å². The fourth-order valence-electron chi connectivity index (χ4n) is 3.21. The van der Waals surface area contributed by atoms with Crippen LogP contribution in [0.5, 0.6) is 0 Å². The Balaban J connectivity index is 1.71. The summed E-state index contributed by atoms with van der Waals surface area (Å²) >= 11 is 0. The van der Waals surface area contributed by atoms with E-state index >= 15 is 0 Å². The Hall–Kier alpha value is -1.41. The zero-order valence-corrected chi connectivity index (χ0v) is 11.6. The quantitative estimate of drug-likeness (QED) is 0.895. The molecule has 0 spiro atoms. The molecule has 0 saturated heterocycles. The summed E-state index contributed by atoms with van der Waals surface area (Å²) in [4.78, 5) is 4.52. The van der Waals surface area contributed by atoms with Crippen molar-refractivity contribution in [3.05, 3.63) is 42.1 Å². The highest BCUT2D eigenvalue weighted by Gasteiger charge is 2.20. The number of fused-ring (bicyclic) bond motifs is 1. The summed E-state index contributed by atoms with van der Waals surface area (Å²) in [5.41, 5.74) is 2.44. The van der Waals surface area contributed by atoms with Crippen molar-refractivity contribution in [1.82, 2.24) is 10.3 Å². The monoisotopic (exact) mass is 254 g/mol. The van der Waals surface area contributed by atoms with Gasteiger partial charge >= 0.3 is 0 Å². The molecule has 0 aliphatic heterocycles. The summed E-state index contributed by atoms with van der Waals surface area (Å²) in [6.07, 6.45) is 7.48. The Morgan fingerprint density at radius 3 is 2.84 bits per heavy atom. The lowest BCUT2D eigenvalue weighted by atomic mass is 9.99. The smallest absolute Gasteiger partial charge is 0.0746 e. The van der Waals surface area contributed by atoms with E-state index in [1.807, 2.05) is 12.3 Å². The highest BCUT2D eigenvalue weighted by atomic mass is 14.9. The molecule has 1 saturated carbocycles. The lowest BCUT2D eigenvalue weighted by molar-refractivity contribution is 0.381. The molecule has 0 amide bonds. The maximum absolute atomic E-state index is 4.52. The van der Waals surface area contributed by atoms with Crippen LogP contribution in [0.4, 0.5) is 0 Å². The van der Waals surface area contributed by atoms with Crippen molar-refractivity contribution in [2.75, 3.05) is 0 Å². The maximum Gasteiger partial charge on any atom is 0.0746 e. The van der Waals surface area contributed by atoms with E-state index < -0.39 is 0 Å². The van der Waals surface area contributed by atoms with Gasteiger partial charge < -0.3 is 5.32 Å². The predicted octanol–water partition coefficient (Wildman–Crippen LogP) is 3.90. The van der Waals surface area contributed by atoms with Crippen molar-refractivity contribution in [2.24, 2.45) is 5.92 Å². The summed E-state index contributed by atoms with van der Waals surface area (Å²) in [6, 6.07) is 11.2. The average Bonchev–Trinajstić information content (AvgIpc) is 2.99. The fourth-order valence-corrected chi connectivity index (χ4v) is 3.21. The van der Waals surface area contributed by atoms with Crippen molar-refractivity contribution < 1.29 is 0 Å². The lowest BCUT2D eigenvalue weighted by Gasteiger charge is -2.20. The molecule has 19 heavy (non-hydrogen) atoms. The molecule has 1 heterocycles. The Morgan fingerprint density at radius 2 is 2.00 bits per heavy atom. The van der Waals surface area contributed by atoms with Gasteiger partial charge in [0.05, 0.1) is 5.52 Å². The summed E-state index contributed by atoms with van der Waals surface area (Å²) in [7, 11) is 0. The second-order valence-electron chi connectivity index (χ2n) is 5.71. The molecule has 1 aromatic heterocycles. The lowest BCUT2D eigenvalue weighted by Crippen LogP contribution is -2.31. The Morgan fingerprint density at radius 1 is 1.21 bits per heavy atom. The van der Waals surface area contributed by atoms with E-state index in [1.165, 1.54) is 36.6 Å². The van der Waals surface area contributed by atoms with Crippen LogP contribution in [0, 0.1) is 5.92 Å². The van der Waals surface area contributed by atoms with Crippen LogP contribution in [0.15, 0.2) is 36.5 Å². The first-order chi connectivity index (χ1) is 9.34. The first-order valence-electron chi connectivity index (χ1n) is 7.40. The Kier molecular flexibility index (Phi) is 3.79. The SMILES string of the molecule is C[C@@H](NCc1cccc2cccnc12)C1CCCC1. The minimum Gasteiger partial charge on any atom is -0.310 e. The van der Waals surface area contributed by atoms with Gasteiger partial charge in [0.2, 0.25) is 0 Å². The maximum atomic E-state index is 4.52. The van der Waals surface area contributed by atoms with E-state index in [0.29, 0.717) is 6.04 Å². The molecule has 1 N–H and O–H groups in total. The van der Waals surface area contributed by atoms with Crippen molar-refractivity contribution in [1.29, 1.82) is 0 Å². The van der Waals surface area contributed by atoms with Gasteiger partial charge in [-0.2, -0.15) is 0 Å². The van der Waals surface area contributed by atoms with Gasteiger partial charge in [0.15, 0.2) is 0 Å². The van der Waals surface area contributed by atoms with Crippen molar-refractivity contribution in [3.63, 3.8) is 0 Å². The second-order valence-corrected chi connectivity index (χ2v) is 5.71. The second kappa shape index (κ2) is 5.70. The topological polar surface area (TPSA) is 24.9 Å². The highest BCUT2D eigenvalue weighted by Crippen LogP contribution is 2.27. The van der Waals surface area contributed by atoms with Gasteiger partial charge in [0, 0.05) is 24.2 Å². The third-order valence-corrected chi connectivity index (χ3v) is 4.44. The van der Waals surface area contributed by atoms with E-state index in [-0.39, 0.29) is 0 Å². The van der Waals surface area contributed by atoms with Crippen LogP contribution in [-0.2, 0) is 6.54 Å². The third-order valence-electron chi connectivity index (χ3n) is 4.44. The third kappa shape index (κ3) is 2.79. The van der Waals surface area contributed by atoms with Gasteiger partial charge in [-0.3, -0.25) is 4.98 Å². The summed E-state index contributed by atoms with van der Waals surface area (Å²) < 4.78 is 0. The van der Waals surface area contributed by atoms with E-state index in [0.717, 1.165) is 18.0 Å². The van der Waals surface area contributed by atoms with Crippen molar-refractivity contribution in [2.45, 2.75) is 45.2 Å². The van der Waals surface area contributed by atoms with Gasteiger partial charge in [0.25, 0.3) is 0 Å². The van der Waals surface area contributed by atoms with Crippen LogP contribution >= 0.6 is 0 Å². The molecule has 2 nitrogen and oxygen atoms in total. The minimum absolute atomic E-state index is 0.612. The van der Waals surface area contributed by atoms with E-state index in [1.54, 1.807) is 0 Å². The van der Waals surface area contributed by atoms with Crippen molar-refractivity contribution >= 4 is 10.9 Å². The Bertz CT molecular complexity index is 538. The van der Waals surface area contributed by atoms with Crippen LogP contribution in [-0.4, -0.2) is 11.0 Å². The number of hydrogen-bond donors (Lipinski definition) is 1. The zero-order chi connectivity index (χ0) is 13.1. The molecule has 1 aliphatic rings. The molecule has 0 radical (unpaired) electrons. The number of hydrogen-bond acceptors (Lipinski definition) is 2. The predicted molar refractivity (Wildman–Crippen MR) is 80.0 cm³/mol. The van der Waals surface area contributed by atoms with Crippen LogP contribution in [0.25, 0.3) is 10.9 Å². The molecule has 2 heteroatoms. The van der Waals surface area contributed by atoms with Gasteiger partial charge in [-0.15, -0.1) is 0 Å². The van der Waals surface area contributed by atoms with Gasteiger partial charge in [-0.25, -0.2) is 0 Å². The van der Waals surface area contributed by atoms with Crippen molar-refractivity contribution in [3.8, 4) is 0 Å². The number of pyridine rings is 1. The fraction of sp³-hybridized carbons (Fsp3) is 0.471. The molecular formula is C17H22N2. The van der Waals surface area contributed by atoms with Crippen LogP contribution in [0.2, 0.25) is 0 Å². The largest absolute Gasteiger partial charge is 0.310 e. The van der Waals surface area contributed by atoms with Crippen LogP contribution in [0.1, 0.15) is 38.2 Å². The molecule has 1 aromatic carbocycles. The zero-order valence-electron chi connectivity index (χ0n) is 11.6. The van der Waals surface area contributed by atoms with E-state index in [4.69, 9.17) is 0 Å². The summed E-state index contributed by atoms with van der Waals surface area (Å²) in [5.74, 6) is 0.864. The number of rotatable bonds is 4. The molecule has 1 aliphatic carbocycles. The van der Waals surface area contributed by atoms with E-state index in [9.17, 15) is 0 Å². The number of aromatic nitrogens is 1. The number of nitrogens with one attached hydrogen (secondary N) is 1.